The summed E-state index contributed by atoms with van der Waals surface area (Å²) in [6, 6.07) is 2.51. The van der Waals surface area contributed by atoms with E-state index in [1.54, 1.807) is 11.3 Å². The molecule has 0 fully saturated rings. The molecular formula is C13H22N2OS2. The Morgan fingerprint density at radius 3 is 3.06 bits per heavy atom. The van der Waals surface area contributed by atoms with Gasteiger partial charge in [-0.05, 0) is 61.3 Å². The SMILES string of the molecule is CCOCCCNC(=S)NC(C)Cc1ccsc1. The number of hydrogen-bond donors (Lipinski definition) is 2. The van der Waals surface area contributed by atoms with Crippen molar-refractivity contribution in [3.05, 3.63) is 22.4 Å². The first kappa shape index (κ1) is 15.4. The van der Waals surface area contributed by atoms with E-state index in [1.807, 2.05) is 6.92 Å². The van der Waals surface area contributed by atoms with E-state index in [0.29, 0.717) is 6.04 Å². The Labute approximate surface area is 119 Å². The van der Waals surface area contributed by atoms with E-state index < -0.39 is 0 Å². The first-order valence-electron chi connectivity index (χ1n) is 6.35. The maximum atomic E-state index is 5.26. The van der Waals surface area contributed by atoms with Gasteiger partial charge in [0.25, 0.3) is 0 Å². The topological polar surface area (TPSA) is 33.3 Å². The molecule has 0 saturated heterocycles. The smallest absolute Gasteiger partial charge is 0.166 e. The van der Waals surface area contributed by atoms with Crippen molar-refractivity contribution in [2.24, 2.45) is 0 Å². The lowest BCUT2D eigenvalue weighted by Gasteiger charge is -2.16. The summed E-state index contributed by atoms with van der Waals surface area (Å²) in [5.74, 6) is 0. The van der Waals surface area contributed by atoms with Gasteiger partial charge in [-0.15, -0.1) is 0 Å². The van der Waals surface area contributed by atoms with E-state index >= 15 is 0 Å². The predicted molar refractivity (Wildman–Crippen MR) is 82.3 cm³/mol. The van der Waals surface area contributed by atoms with Crippen LogP contribution in [0.25, 0.3) is 0 Å². The summed E-state index contributed by atoms with van der Waals surface area (Å²) in [7, 11) is 0. The molecule has 1 unspecified atom stereocenters. The Balaban J connectivity index is 2.08. The number of thiophene rings is 1. The summed E-state index contributed by atoms with van der Waals surface area (Å²) in [6.45, 7) is 6.57. The zero-order chi connectivity index (χ0) is 13.2. The molecule has 0 aromatic carbocycles. The molecule has 1 rings (SSSR count). The molecule has 2 N–H and O–H groups in total. The van der Waals surface area contributed by atoms with Crippen molar-refractivity contribution >= 4 is 28.7 Å². The van der Waals surface area contributed by atoms with E-state index in [0.717, 1.165) is 37.7 Å². The largest absolute Gasteiger partial charge is 0.382 e. The van der Waals surface area contributed by atoms with Crippen LogP contribution in [0.2, 0.25) is 0 Å². The zero-order valence-corrected chi connectivity index (χ0v) is 12.7. The van der Waals surface area contributed by atoms with E-state index in [-0.39, 0.29) is 0 Å². The van der Waals surface area contributed by atoms with E-state index in [9.17, 15) is 0 Å². The Hall–Kier alpha value is -0.650. The summed E-state index contributed by atoms with van der Waals surface area (Å²) in [5, 5.41) is 11.5. The second kappa shape index (κ2) is 9.30. The van der Waals surface area contributed by atoms with Gasteiger partial charge in [-0.25, -0.2) is 0 Å². The molecule has 1 aromatic rings. The Morgan fingerprint density at radius 1 is 1.56 bits per heavy atom. The molecule has 0 aliphatic carbocycles. The predicted octanol–water partition coefficient (Wildman–Crippen LogP) is 2.57. The fourth-order valence-corrected chi connectivity index (χ4v) is 2.59. The summed E-state index contributed by atoms with van der Waals surface area (Å²) in [6.07, 6.45) is 1.98. The standard InChI is InChI=1S/C13H22N2OS2/c1-3-16-7-4-6-14-13(17)15-11(2)9-12-5-8-18-10-12/h5,8,10-11H,3-4,6-7,9H2,1-2H3,(H2,14,15,17). The van der Waals surface area contributed by atoms with Crippen molar-refractivity contribution in [3.8, 4) is 0 Å². The number of hydrogen-bond acceptors (Lipinski definition) is 3. The van der Waals surface area contributed by atoms with Crippen LogP contribution in [-0.4, -0.2) is 30.9 Å². The van der Waals surface area contributed by atoms with Crippen LogP contribution in [0.15, 0.2) is 16.8 Å². The average Bonchev–Trinajstić information content (AvgIpc) is 2.81. The summed E-state index contributed by atoms with van der Waals surface area (Å²) in [4.78, 5) is 0. The van der Waals surface area contributed by atoms with Gasteiger partial charge in [0.05, 0.1) is 0 Å². The third kappa shape index (κ3) is 6.93. The molecule has 0 amide bonds. The highest BCUT2D eigenvalue weighted by Crippen LogP contribution is 2.08. The monoisotopic (exact) mass is 286 g/mol. The maximum absolute atomic E-state index is 5.26. The van der Waals surface area contributed by atoms with Crippen LogP contribution >= 0.6 is 23.6 Å². The van der Waals surface area contributed by atoms with Gasteiger partial charge in [0.1, 0.15) is 0 Å². The Bertz CT molecular complexity index is 328. The molecule has 5 heteroatoms. The third-order valence-corrected chi connectivity index (χ3v) is 3.45. The van der Waals surface area contributed by atoms with Gasteiger partial charge in [0, 0.05) is 25.8 Å². The van der Waals surface area contributed by atoms with Gasteiger partial charge in [0.15, 0.2) is 5.11 Å². The average molecular weight is 286 g/mol. The summed E-state index contributed by atoms with van der Waals surface area (Å²) >= 11 is 6.98. The minimum absolute atomic E-state index is 0.353. The van der Waals surface area contributed by atoms with E-state index in [4.69, 9.17) is 17.0 Å². The highest BCUT2D eigenvalue weighted by Gasteiger charge is 2.05. The van der Waals surface area contributed by atoms with Crippen LogP contribution in [0.1, 0.15) is 25.8 Å². The fourth-order valence-electron chi connectivity index (χ4n) is 1.61. The van der Waals surface area contributed by atoms with Crippen LogP contribution in [0.3, 0.4) is 0 Å². The lowest BCUT2D eigenvalue weighted by atomic mass is 10.1. The van der Waals surface area contributed by atoms with Crippen LogP contribution in [0, 0.1) is 0 Å². The van der Waals surface area contributed by atoms with Crippen molar-refractivity contribution in [3.63, 3.8) is 0 Å². The molecule has 102 valence electrons. The Kier molecular flexibility index (Phi) is 7.96. The van der Waals surface area contributed by atoms with Gasteiger partial charge in [-0.1, -0.05) is 0 Å². The molecule has 1 aromatic heterocycles. The normalized spacial score (nSPS) is 12.1. The highest BCUT2D eigenvalue weighted by molar-refractivity contribution is 7.80. The van der Waals surface area contributed by atoms with Gasteiger partial charge in [-0.3, -0.25) is 0 Å². The number of nitrogens with one attached hydrogen (secondary N) is 2. The van der Waals surface area contributed by atoms with Crippen LogP contribution in [0.4, 0.5) is 0 Å². The van der Waals surface area contributed by atoms with Gasteiger partial charge >= 0.3 is 0 Å². The zero-order valence-electron chi connectivity index (χ0n) is 11.1. The molecule has 1 heterocycles. The van der Waals surface area contributed by atoms with Crippen molar-refractivity contribution in [2.75, 3.05) is 19.8 Å². The molecule has 0 bridgehead atoms. The summed E-state index contributed by atoms with van der Waals surface area (Å²) in [5.41, 5.74) is 1.36. The molecule has 3 nitrogen and oxygen atoms in total. The van der Waals surface area contributed by atoms with Crippen LogP contribution < -0.4 is 10.6 Å². The second-order valence-electron chi connectivity index (χ2n) is 4.19. The minimum Gasteiger partial charge on any atom is -0.382 e. The number of thiocarbonyl (C=S) groups is 1. The molecule has 18 heavy (non-hydrogen) atoms. The molecular weight excluding hydrogens is 264 g/mol. The summed E-state index contributed by atoms with van der Waals surface area (Å²) < 4.78 is 5.26. The fraction of sp³-hybridized carbons (Fsp3) is 0.615. The second-order valence-corrected chi connectivity index (χ2v) is 5.38. The molecule has 0 aliphatic rings. The van der Waals surface area contributed by atoms with Crippen molar-refractivity contribution in [1.29, 1.82) is 0 Å². The van der Waals surface area contributed by atoms with Gasteiger partial charge in [-0.2, -0.15) is 11.3 Å². The van der Waals surface area contributed by atoms with Crippen LogP contribution in [-0.2, 0) is 11.2 Å². The lowest BCUT2D eigenvalue weighted by molar-refractivity contribution is 0.145. The van der Waals surface area contributed by atoms with Crippen molar-refractivity contribution in [2.45, 2.75) is 32.7 Å². The molecule has 0 aliphatic heterocycles. The van der Waals surface area contributed by atoms with Gasteiger partial charge < -0.3 is 15.4 Å². The van der Waals surface area contributed by atoms with E-state index in [1.165, 1.54) is 5.56 Å². The Morgan fingerprint density at radius 2 is 2.39 bits per heavy atom. The number of rotatable bonds is 8. The van der Waals surface area contributed by atoms with Crippen molar-refractivity contribution in [1.82, 2.24) is 10.6 Å². The first-order valence-corrected chi connectivity index (χ1v) is 7.70. The lowest BCUT2D eigenvalue weighted by Crippen LogP contribution is -2.41. The highest BCUT2D eigenvalue weighted by atomic mass is 32.1. The maximum Gasteiger partial charge on any atom is 0.166 e. The molecule has 1 atom stereocenters. The molecule has 0 spiro atoms. The first-order chi connectivity index (χ1) is 8.72. The molecule has 0 radical (unpaired) electrons. The van der Waals surface area contributed by atoms with Gasteiger partial charge in [0.2, 0.25) is 0 Å². The molecule has 0 saturated carbocycles. The van der Waals surface area contributed by atoms with Crippen molar-refractivity contribution < 1.29 is 4.74 Å². The van der Waals surface area contributed by atoms with Crippen LogP contribution in [0.5, 0.6) is 0 Å². The minimum atomic E-state index is 0.353. The van der Waals surface area contributed by atoms with E-state index in [2.05, 4.69) is 34.4 Å². The number of ether oxygens (including phenoxy) is 1. The quantitative estimate of drug-likeness (QED) is 0.568. The third-order valence-electron chi connectivity index (χ3n) is 2.45.